The number of amides is 1. The van der Waals surface area contributed by atoms with Gasteiger partial charge < -0.3 is 15.8 Å². The molecule has 0 aromatic heterocycles. The lowest BCUT2D eigenvalue weighted by atomic mass is 9.92. The Bertz CT molecular complexity index is 453. The van der Waals surface area contributed by atoms with Crippen molar-refractivity contribution >= 4 is 41.7 Å². The second-order valence-corrected chi connectivity index (χ2v) is 6.67. The Morgan fingerprint density at radius 3 is 2.64 bits per heavy atom. The van der Waals surface area contributed by atoms with E-state index in [1.54, 1.807) is 11.8 Å². The van der Waals surface area contributed by atoms with Gasteiger partial charge in [0.05, 0.1) is 6.04 Å². The molecule has 1 fully saturated rings. The van der Waals surface area contributed by atoms with Gasteiger partial charge in [-0.05, 0) is 43.0 Å². The maximum absolute atomic E-state index is 12.0. The summed E-state index contributed by atoms with van der Waals surface area (Å²) in [6.45, 7) is 2.03. The van der Waals surface area contributed by atoms with Gasteiger partial charge in [-0.2, -0.15) is 0 Å². The number of nitrogens with one attached hydrogen (secondary N) is 1. The van der Waals surface area contributed by atoms with E-state index >= 15 is 0 Å². The first kappa shape index (κ1) is 19.6. The van der Waals surface area contributed by atoms with Gasteiger partial charge in [-0.3, -0.25) is 4.79 Å². The van der Waals surface area contributed by atoms with Crippen LogP contribution in [0.4, 0.5) is 0 Å². The zero-order valence-corrected chi connectivity index (χ0v) is 14.7. The smallest absolute Gasteiger partial charge is 0.237 e. The summed E-state index contributed by atoms with van der Waals surface area (Å²) in [6, 6.07) is 7.26. The Labute approximate surface area is 146 Å². The molecule has 1 aliphatic heterocycles. The molecule has 0 saturated carbocycles. The highest BCUT2D eigenvalue weighted by Crippen LogP contribution is 2.20. The van der Waals surface area contributed by atoms with Crippen molar-refractivity contribution in [3.63, 3.8) is 0 Å². The highest BCUT2D eigenvalue weighted by atomic mass is 35.5. The number of benzene rings is 1. The van der Waals surface area contributed by atoms with Gasteiger partial charge in [0.25, 0.3) is 0 Å². The van der Waals surface area contributed by atoms with E-state index in [9.17, 15) is 4.79 Å². The molecule has 0 spiro atoms. The van der Waals surface area contributed by atoms with Crippen LogP contribution in [-0.2, 0) is 9.53 Å². The molecule has 1 heterocycles. The lowest BCUT2D eigenvalue weighted by molar-refractivity contribution is -0.124. The van der Waals surface area contributed by atoms with Gasteiger partial charge >= 0.3 is 0 Å². The van der Waals surface area contributed by atoms with Gasteiger partial charge in [-0.15, -0.1) is 24.2 Å². The minimum Gasteiger partial charge on any atom is -0.381 e. The summed E-state index contributed by atoms with van der Waals surface area (Å²) in [5.74, 6) is 0.995. The number of halogens is 2. The first-order chi connectivity index (χ1) is 10.2. The monoisotopic (exact) mass is 364 g/mol. The van der Waals surface area contributed by atoms with E-state index in [4.69, 9.17) is 22.1 Å². The van der Waals surface area contributed by atoms with Crippen LogP contribution in [0.2, 0.25) is 5.02 Å². The van der Waals surface area contributed by atoms with Crippen LogP contribution in [0, 0.1) is 5.92 Å². The van der Waals surface area contributed by atoms with Gasteiger partial charge in [0.1, 0.15) is 0 Å². The van der Waals surface area contributed by atoms with Gasteiger partial charge in [-0.1, -0.05) is 11.6 Å². The average molecular weight is 365 g/mol. The van der Waals surface area contributed by atoms with Crippen molar-refractivity contribution < 1.29 is 9.53 Å². The third kappa shape index (κ3) is 6.34. The largest absolute Gasteiger partial charge is 0.381 e. The third-order valence-electron chi connectivity index (χ3n) is 3.56. The lowest BCUT2D eigenvalue weighted by Crippen LogP contribution is -2.47. The van der Waals surface area contributed by atoms with Crippen molar-refractivity contribution in [2.75, 3.05) is 25.5 Å². The van der Waals surface area contributed by atoms with Crippen molar-refractivity contribution in [3.8, 4) is 0 Å². The normalized spacial score (nSPS) is 16.6. The van der Waals surface area contributed by atoms with E-state index in [1.807, 2.05) is 24.3 Å². The number of thioether (sulfide) groups is 1. The lowest BCUT2D eigenvalue weighted by Gasteiger charge is -2.26. The van der Waals surface area contributed by atoms with Crippen LogP contribution < -0.4 is 11.1 Å². The molecule has 1 unspecified atom stereocenters. The van der Waals surface area contributed by atoms with Gasteiger partial charge in [0, 0.05) is 35.4 Å². The Morgan fingerprint density at radius 2 is 2.00 bits per heavy atom. The van der Waals surface area contributed by atoms with Crippen LogP contribution in [0.3, 0.4) is 0 Å². The summed E-state index contributed by atoms with van der Waals surface area (Å²) in [7, 11) is 0. The van der Waals surface area contributed by atoms with E-state index < -0.39 is 6.04 Å². The maximum atomic E-state index is 12.0. The van der Waals surface area contributed by atoms with Crippen LogP contribution in [0.1, 0.15) is 12.8 Å². The van der Waals surface area contributed by atoms with E-state index in [0.717, 1.165) is 28.5 Å². The Hall–Kier alpha value is -0.460. The SMILES string of the molecule is Cl.NC(C(=O)NCCSc1ccc(Cl)cc1)C1CCOCC1. The molecule has 1 aliphatic rings. The van der Waals surface area contributed by atoms with Gasteiger partial charge in [0.2, 0.25) is 5.91 Å². The van der Waals surface area contributed by atoms with Crippen molar-refractivity contribution in [1.82, 2.24) is 5.32 Å². The van der Waals surface area contributed by atoms with Gasteiger partial charge in [-0.25, -0.2) is 0 Å². The number of hydrogen-bond acceptors (Lipinski definition) is 4. The molecular weight excluding hydrogens is 343 g/mol. The first-order valence-corrected chi connectivity index (χ1v) is 8.52. The van der Waals surface area contributed by atoms with E-state index in [0.29, 0.717) is 19.8 Å². The molecule has 1 atom stereocenters. The molecular formula is C15H22Cl2N2O2S. The van der Waals surface area contributed by atoms with Crippen LogP contribution in [0.5, 0.6) is 0 Å². The zero-order valence-electron chi connectivity index (χ0n) is 12.3. The Kier molecular flexibility index (Phi) is 9.21. The van der Waals surface area contributed by atoms with E-state index in [2.05, 4.69) is 5.32 Å². The van der Waals surface area contributed by atoms with Crippen LogP contribution in [0.15, 0.2) is 29.2 Å². The molecule has 0 radical (unpaired) electrons. The molecule has 1 saturated heterocycles. The number of carbonyl (C=O) groups is 1. The fourth-order valence-electron chi connectivity index (χ4n) is 2.28. The summed E-state index contributed by atoms with van der Waals surface area (Å²) >= 11 is 7.52. The number of carbonyl (C=O) groups excluding carboxylic acids is 1. The maximum Gasteiger partial charge on any atom is 0.237 e. The number of rotatable bonds is 6. The van der Waals surface area contributed by atoms with Crippen LogP contribution in [-0.4, -0.2) is 37.5 Å². The molecule has 22 heavy (non-hydrogen) atoms. The topological polar surface area (TPSA) is 64.4 Å². The first-order valence-electron chi connectivity index (χ1n) is 7.16. The summed E-state index contributed by atoms with van der Waals surface area (Å²) in [5.41, 5.74) is 6.01. The number of nitrogens with two attached hydrogens (primary N) is 1. The fourth-order valence-corrected chi connectivity index (χ4v) is 3.18. The van der Waals surface area contributed by atoms with Crippen LogP contribution in [0.25, 0.3) is 0 Å². The highest BCUT2D eigenvalue weighted by molar-refractivity contribution is 7.99. The quantitative estimate of drug-likeness (QED) is 0.601. The molecule has 3 N–H and O–H groups in total. The number of hydrogen-bond donors (Lipinski definition) is 2. The van der Waals surface area contributed by atoms with E-state index in [-0.39, 0.29) is 24.2 Å². The average Bonchev–Trinajstić information content (AvgIpc) is 2.53. The molecule has 2 rings (SSSR count). The minimum atomic E-state index is -0.422. The predicted molar refractivity (Wildman–Crippen MR) is 94.0 cm³/mol. The second-order valence-electron chi connectivity index (χ2n) is 5.07. The molecule has 4 nitrogen and oxygen atoms in total. The van der Waals surface area contributed by atoms with Crippen molar-refractivity contribution in [2.24, 2.45) is 11.7 Å². The Balaban J connectivity index is 0.00000242. The summed E-state index contributed by atoms with van der Waals surface area (Å²) in [4.78, 5) is 13.1. The molecule has 0 aliphatic carbocycles. The zero-order chi connectivity index (χ0) is 15.1. The summed E-state index contributed by atoms with van der Waals surface area (Å²) in [5, 5.41) is 3.64. The molecule has 0 bridgehead atoms. The molecule has 1 aromatic carbocycles. The van der Waals surface area contributed by atoms with Crippen LogP contribution >= 0.6 is 35.8 Å². The number of ether oxygens (including phenoxy) is 1. The minimum absolute atomic E-state index is 0. The fraction of sp³-hybridized carbons (Fsp3) is 0.533. The van der Waals surface area contributed by atoms with Crippen molar-refractivity contribution in [3.05, 3.63) is 29.3 Å². The van der Waals surface area contributed by atoms with Crippen molar-refractivity contribution in [1.29, 1.82) is 0 Å². The Morgan fingerprint density at radius 1 is 1.36 bits per heavy atom. The standard InChI is InChI=1S/C15H21ClN2O2S.ClH/c16-12-1-3-13(4-2-12)21-10-7-18-15(19)14(17)11-5-8-20-9-6-11;/h1-4,11,14H,5-10,17H2,(H,18,19);1H. The van der Waals surface area contributed by atoms with E-state index in [1.165, 1.54) is 0 Å². The second kappa shape index (κ2) is 10.3. The summed E-state index contributed by atoms with van der Waals surface area (Å²) < 4.78 is 5.29. The van der Waals surface area contributed by atoms with Gasteiger partial charge in [0.15, 0.2) is 0 Å². The summed E-state index contributed by atoms with van der Waals surface area (Å²) in [6.07, 6.45) is 1.74. The molecule has 1 amide bonds. The molecule has 7 heteroatoms. The highest BCUT2D eigenvalue weighted by Gasteiger charge is 2.26. The van der Waals surface area contributed by atoms with Crippen molar-refractivity contribution in [2.45, 2.75) is 23.8 Å². The third-order valence-corrected chi connectivity index (χ3v) is 4.83. The predicted octanol–water partition coefficient (Wildman–Crippen LogP) is 2.72. The molecule has 124 valence electrons. The molecule has 1 aromatic rings.